The number of nitrogens with zero attached hydrogens (tertiary/aromatic N) is 1. The van der Waals surface area contributed by atoms with Crippen molar-refractivity contribution in [3.8, 4) is 0 Å². The first-order valence-electron chi connectivity index (χ1n) is 5.91. The summed E-state index contributed by atoms with van der Waals surface area (Å²) in [5, 5.41) is 2.22. The lowest BCUT2D eigenvalue weighted by Crippen LogP contribution is -1.98. The molecule has 0 unspecified atom stereocenters. The lowest BCUT2D eigenvalue weighted by molar-refractivity contribution is 0.552. The van der Waals surface area contributed by atoms with Gasteiger partial charge in [-0.1, -0.05) is 42.1 Å². The van der Waals surface area contributed by atoms with Crippen LogP contribution in [-0.4, -0.2) is 4.98 Å². The highest BCUT2D eigenvalue weighted by molar-refractivity contribution is 7.99. The van der Waals surface area contributed by atoms with Crippen molar-refractivity contribution in [1.82, 2.24) is 4.98 Å². The monoisotopic (exact) mass is 288 g/mol. The number of nitrogen functional groups attached to an aromatic ring is 1. The Labute approximate surface area is 118 Å². The Hall–Kier alpha value is -2.14. The molecule has 2 aromatic carbocycles. The van der Waals surface area contributed by atoms with Crippen LogP contribution in [0.25, 0.3) is 10.8 Å². The van der Waals surface area contributed by atoms with Crippen LogP contribution < -0.4 is 5.73 Å². The van der Waals surface area contributed by atoms with Crippen LogP contribution in [0.1, 0.15) is 0 Å². The smallest absolute Gasteiger partial charge is 0.168 e. The second kappa shape index (κ2) is 5.09. The minimum Gasteiger partial charge on any atom is -0.381 e. The molecule has 3 aromatic rings. The molecule has 0 aliphatic heterocycles. The Morgan fingerprint density at radius 1 is 0.900 bits per heavy atom. The van der Waals surface area contributed by atoms with Gasteiger partial charge in [0.2, 0.25) is 0 Å². The van der Waals surface area contributed by atoms with Crippen molar-refractivity contribution in [3.05, 3.63) is 60.2 Å². The molecule has 0 aliphatic carbocycles. The van der Waals surface area contributed by atoms with E-state index in [2.05, 4.69) is 4.98 Å². The van der Waals surface area contributed by atoms with Crippen LogP contribution in [0.15, 0.2) is 58.5 Å². The highest BCUT2D eigenvalue weighted by Gasteiger charge is 2.11. The molecule has 2 N–H and O–H groups in total. The Kier molecular flexibility index (Phi) is 3.28. The number of fused-ring (bicyclic) bond motifs is 1. The van der Waals surface area contributed by atoms with Crippen molar-refractivity contribution in [3.63, 3.8) is 0 Å². The molecular formula is C15H10F2N2S. The Bertz CT molecular complexity index is 790. The summed E-state index contributed by atoms with van der Waals surface area (Å²) < 4.78 is 26.7. The van der Waals surface area contributed by atoms with E-state index in [1.807, 2.05) is 42.5 Å². The summed E-state index contributed by atoms with van der Waals surface area (Å²) in [5.41, 5.74) is 5.37. The number of nitrogens with two attached hydrogens (primary N) is 1. The molecular weight excluding hydrogens is 278 g/mol. The molecule has 0 saturated carbocycles. The van der Waals surface area contributed by atoms with E-state index in [1.165, 1.54) is 0 Å². The van der Waals surface area contributed by atoms with E-state index in [0.717, 1.165) is 33.5 Å². The molecule has 0 saturated heterocycles. The van der Waals surface area contributed by atoms with Crippen LogP contribution >= 0.6 is 11.8 Å². The largest absolute Gasteiger partial charge is 0.381 e. The molecule has 3 rings (SSSR count). The second-order valence-corrected chi connectivity index (χ2v) is 5.32. The van der Waals surface area contributed by atoms with Gasteiger partial charge in [-0.05, 0) is 22.9 Å². The molecule has 5 heteroatoms. The first-order valence-corrected chi connectivity index (χ1v) is 6.73. The lowest BCUT2D eigenvalue weighted by Gasteiger charge is -2.05. The van der Waals surface area contributed by atoms with Crippen molar-refractivity contribution in [1.29, 1.82) is 0 Å². The minimum atomic E-state index is -0.842. The van der Waals surface area contributed by atoms with Crippen molar-refractivity contribution in [2.75, 3.05) is 5.73 Å². The quantitative estimate of drug-likeness (QED) is 0.766. The van der Waals surface area contributed by atoms with Crippen molar-refractivity contribution in [2.24, 2.45) is 0 Å². The molecule has 0 bridgehead atoms. The Morgan fingerprint density at radius 2 is 1.65 bits per heavy atom. The average molecular weight is 288 g/mol. The maximum absolute atomic E-state index is 13.7. The van der Waals surface area contributed by atoms with Crippen LogP contribution in [0.5, 0.6) is 0 Å². The number of aromatic nitrogens is 1. The van der Waals surface area contributed by atoms with Gasteiger partial charge >= 0.3 is 0 Å². The SMILES string of the molecule is Nc1nc(Sc2ccc3ccccc3c2)c(F)cc1F. The van der Waals surface area contributed by atoms with Gasteiger partial charge in [0, 0.05) is 11.0 Å². The molecule has 0 radical (unpaired) electrons. The molecule has 0 atom stereocenters. The molecule has 2 nitrogen and oxygen atoms in total. The fourth-order valence-corrected chi connectivity index (χ4v) is 2.72. The fourth-order valence-electron chi connectivity index (χ4n) is 1.88. The number of hydrogen-bond donors (Lipinski definition) is 1. The third-order valence-electron chi connectivity index (χ3n) is 2.86. The zero-order valence-corrected chi connectivity index (χ0v) is 11.1. The molecule has 0 fully saturated rings. The summed E-state index contributed by atoms with van der Waals surface area (Å²) in [5.74, 6) is -1.85. The number of anilines is 1. The Morgan fingerprint density at radius 3 is 2.45 bits per heavy atom. The molecule has 0 amide bonds. The molecule has 1 heterocycles. The number of halogens is 2. The summed E-state index contributed by atoms with van der Waals surface area (Å²) in [6.07, 6.45) is 0. The van der Waals surface area contributed by atoms with Gasteiger partial charge in [-0.15, -0.1) is 0 Å². The highest BCUT2D eigenvalue weighted by Crippen LogP contribution is 2.31. The minimum absolute atomic E-state index is 0.0687. The van der Waals surface area contributed by atoms with Gasteiger partial charge in [-0.2, -0.15) is 0 Å². The fraction of sp³-hybridized carbons (Fsp3) is 0. The standard InChI is InChI=1S/C15H10F2N2S/c16-12-8-13(17)15(19-14(12)18)20-11-6-5-9-3-1-2-4-10(9)7-11/h1-8H,(H2,18,19). The van der Waals surface area contributed by atoms with Gasteiger partial charge in [0.25, 0.3) is 0 Å². The van der Waals surface area contributed by atoms with Crippen molar-refractivity contribution >= 4 is 28.4 Å². The average Bonchev–Trinajstić information content (AvgIpc) is 2.44. The molecule has 0 spiro atoms. The number of rotatable bonds is 2. The summed E-state index contributed by atoms with van der Waals surface area (Å²) in [4.78, 5) is 4.56. The van der Waals surface area contributed by atoms with Crippen molar-refractivity contribution < 1.29 is 8.78 Å². The predicted octanol–water partition coefficient (Wildman–Crippen LogP) is 4.25. The van der Waals surface area contributed by atoms with Crippen LogP contribution in [0.3, 0.4) is 0 Å². The van der Waals surface area contributed by atoms with Gasteiger partial charge in [-0.3, -0.25) is 0 Å². The Balaban J connectivity index is 1.99. The summed E-state index contributed by atoms with van der Waals surface area (Å²) in [6.45, 7) is 0. The van der Waals surface area contributed by atoms with Gasteiger partial charge in [0.1, 0.15) is 5.03 Å². The van der Waals surface area contributed by atoms with Gasteiger partial charge in [0.05, 0.1) is 0 Å². The molecule has 1 aromatic heterocycles. The van der Waals surface area contributed by atoms with E-state index >= 15 is 0 Å². The maximum atomic E-state index is 13.7. The zero-order valence-electron chi connectivity index (χ0n) is 10.3. The molecule has 20 heavy (non-hydrogen) atoms. The van der Waals surface area contributed by atoms with Crippen LogP contribution in [-0.2, 0) is 0 Å². The van der Waals surface area contributed by atoms with Crippen molar-refractivity contribution in [2.45, 2.75) is 9.92 Å². The van der Waals surface area contributed by atoms with Gasteiger partial charge in [0.15, 0.2) is 17.5 Å². The number of benzene rings is 2. The first kappa shape index (κ1) is 12.9. The lowest BCUT2D eigenvalue weighted by atomic mass is 10.1. The van der Waals surface area contributed by atoms with Gasteiger partial charge in [-0.25, -0.2) is 13.8 Å². The molecule has 0 aliphatic rings. The summed E-state index contributed by atoms with van der Waals surface area (Å²) in [6, 6.07) is 14.4. The van der Waals surface area contributed by atoms with Crippen LogP contribution in [0.4, 0.5) is 14.6 Å². The normalized spacial score (nSPS) is 10.9. The number of pyridine rings is 1. The van der Waals surface area contributed by atoms with E-state index in [0.29, 0.717) is 0 Å². The zero-order chi connectivity index (χ0) is 14.1. The summed E-state index contributed by atoms with van der Waals surface area (Å²) in [7, 11) is 0. The topological polar surface area (TPSA) is 38.9 Å². The van der Waals surface area contributed by atoms with Crippen LogP contribution in [0.2, 0.25) is 0 Å². The third kappa shape index (κ3) is 2.44. The van der Waals surface area contributed by atoms with E-state index in [1.54, 1.807) is 0 Å². The van der Waals surface area contributed by atoms with Gasteiger partial charge < -0.3 is 5.73 Å². The van der Waals surface area contributed by atoms with E-state index in [-0.39, 0.29) is 10.8 Å². The maximum Gasteiger partial charge on any atom is 0.168 e. The van der Waals surface area contributed by atoms with E-state index in [4.69, 9.17) is 5.73 Å². The highest BCUT2D eigenvalue weighted by atomic mass is 32.2. The second-order valence-electron chi connectivity index (χ2n) is 4.25. The third-order valence-corrected chi connectivity index (χ3v) is 3.83. The first-order chi connectivity index (χ1) is 9.63. The van der Waals surface area contributed by atoms with Crippen LogP contribution in [0, 0.1) is 11.6 Å². The number of hydrogen-bond acceptors (Lipinski definition) is 3. The molecule has 100 valence electrons. The van der Waals surface area contributed by atoms with E-state index < -0.39 is 11.6 Å². The predicted molar refractivity (Wildman–Crippen MR) is 76.6 cm³/mol. The van der Waals surface area contributed by atoms with E-state index in [9.17, 15) is 8.78 Å². The summed E-state index contributed by atoms with van der Waals surface area (Å²) >= 11 is 1.12.